The van der Waals surface area contributed by atoms with Gasteiger partial charge in [-0.05, 0) is 24.0 Å². The van der Waals surface area contributed by atoms with Gasteiger partial charge in [-0.15, -0.1) is 0 Å². The summed E-state index contributed by atoms with van der Waals surface area (Å²) in [6.07, 6.45) is 0. The van der Waals surface area contributed by atoms with Crippen molar-refractivity contribution in [1.82, 2.24) is 20.8 Å². The number of aromatic amines is 1. The van der Waals surface area contributed by atoms with E-state index >= 15 is 0 Å². The van der Waals surface area contributed by atoms with Gasteiger partial charge >= 0.3 is 5.76 Å². The Hall–Kier alpha value is -2.41. The SMILES string of the molecule is O=C(NC1[C@H]2CNC[C@@H]12)c1ccc(-c2noc(=O)[nH]2)cc1. The van der Waals surface area contributed by atoms with Gasteiger partial charge in [0.2, 0.25) is 0 Å². The van der Waals surface area contributed by atoms with Gasteiger partial charge in [0, 0.05) is 30.3 Å². The Morgan fingerprint density at radius 3 is 2.57 bits per heavy atom. The summed E-state index contributed by atoms with van der Waals surface area (Å²) in [6.45, 7) is 1.99. The van der Waals surface area contributed by atoms with E-state index in [1.165, 1.54) is 0 Å². The summed E-state index contributed by atoms with van der Waals surface area (Å²) in [5.74, 6) is 0.881. The molecule has 0 radical (unpaired) electrons. The van der Waals surface area contributed by atoms with Crippen LogP contribution in [0.15, 0.2) is 33.6 Å². The van der Waals surface area contributed by atoms with Gasteiger partial charge in [-0.3, -0.25) is 14.3 Å². The van der Waals surface area contributed by atoms with Crippen LogP contribution >= 0.6 is 0 Å². The molecule has 0 bridgehead atoms. The van der Waals surface area contributed by atoms with Gasteiger partial charge in [0.1, 0.15) is 0 Å². The summed E-state index contributed by atoms with van der Waals surface area (Å²) < 4.78 is 4.45. The maximum atomic E-state index is 12.2. The van der Waals surface area contributed by atoms with Crippen molar-refractivity contribution in [2.24, 2.45) is 11.8 Å². The summed E-state index contributed by atoms with van der Waals surface area (Å²) in [5.41, 5.74) is 1.30. The molecular weight excluding hydrogens is 272 g/mol. The molecule has 3 atom stereocenters. The first-order valence-electron chi connectivity index (χ1n) is 6.90. The first-order chi connectivity index (χ1) is 10.2. The Morgan fingerprint density at radius 1 is 1.24 bits per heavy atom. The molecule has 1 aromatic heterocycles. The van der Waals surface area contributed by atoms with Gasteiger partial charge in [-0.2, -0.15) is 0 Å². The molecule has 2 heterocycles. The van der Waals surface area contributed by atoms with Crippen molar-refractivity contribution >= 4 is 5.91 Å². The second kappa shape index (κ2) is 4.56. The fraction of sp³-hybridized carbons (Fsp3) is 0.357. The van der Waals surface area contributed by atoms with Crippen molar-refractivity contribution < 1.29 is 9.32 Å². The third-order valence-electron chi connectivity index (χ3n) is 4.25. The maximum Gasteiger partial charge on any atom is 0.439 e. The molecular formula is C14H14N4O3. The van der Waals surface area contributed by atoms with Crippen molar-refractivity contribution in [3.63, 3.8) is 0 Å². The van der Waals surface area contributed by atoms with E-state index in [4.69, 9.17) is 0 Å². The minimum Gasteiger partial charge on any atom is -0.349 e. The minimum absolute atomic E-state index is 0.0606. The number of aromatic nitrogens is 2. The number of nitrogens with zero attached hydrogens (tertiary/aromatic N) is 1. The van der Waals surface area contributed by atoms with Crippen LogP contribution in [-0.2, 0) is 0 Å². The van der Waals surface area contributed by atoms with E-state index in [9.17, 15) is 9.59 Å². The largest absolute Gasteiger partial charge is 0.439 e. The Labute approximate surface area is 119 Å². The smallest absolute Gasteiger partial charge is 0.349 e. The third kappa shape index (κ3) is 2.15. The zero-order valence-electron chi connectivity index (χ0n) is 11.1. The molecule has 2 aliphatic rings. The number of nitrogens with one attached hydrogen (secondary N) is 3. The minimum atomic E-state index is -0.597. The average molecular weight is 286 g/mol. The van der Waals surface area contributed by atoms with E-state index in [2.05, 4.69) is 25.3 Å². The molecule has 1 saturated carbocycles. The average Bonchev–Trinajstić information content (AvgIpc) is 2.91. The molecule has 3 N–H and O–H groups in total. The first-order valence-corrected chi connectivity index (χ1v) is 6.90. The van der Waals surface area contributed by atoms with Crippen molar-refractivity contribution in [3.05, 3.63) is 40.4 Å². The lowest BCUT2D eigenvalue weighted by Gasteiger charge is -2.08. The van der Waals surface area contributed by atoms with Gasteiger partial charge in [0.15, 0.2) is 5.82 Å². The molecule has 4 rings (SSSR count). The highest BCUT2D eigenvalue weighted by Crippen LogP contribution is 2.41. The fourth-order valence-corrected chi connectivity index (χ4v) is 3.00. The Kier molecular flexibility index (Phi) is 2.68. The topological polar surface area (TPSA) is 100 Å². The third-order valence-corrected chi connectivity index (χ3v) is 4.25. The van der Waals surface area contributed by atoms with Crippen LogP contribution in [0.2, 0.25) is 0 Å². The van der Waals surface area contributed by atoms with Crippen LogP contribution in [0.5, 0.6) is 0 Å². The Balaban J connectivity index is 1.46. The van der Waals surface area contributed by atoms with Crippen LogP contribution in [0.4, 0.5) is 0 Å². The standard InChI is InChI=1S/C14H14N4O3/c19-13(16-11-9-5-15-6-10(9)11)8-3-1-7(2-4-8)12-17-14(20)21-18-12/h1-4,9-11,15H,5-6H2,(H,16,19)(H,17,18,20)/t9-,10+,11?. The van der Waals surface area contributed by atoms with Crippen molar-refractivity contribution in [1.29, 1.82) is 0 Å². The van der Waals surface area contributed by atoms with E-state index in [-0.39, 0.29) is 5.91 Å². The lowest BCUT2D eigenvalue weighted by atomic mass is 10.1. The van der Waals surface area contributed by atoms with Gasteiger partial charge < -0.3 is 10.6 Å². The van der Waals surface area contributed by atoms with E-state index in [1.54, 1.807) is 24.3 Å². The highest BCUT2D eigenvalue weighted by atomic mass is 16.5. The van der Waals surface area contributed by atoms with Gasteiger partial charge in [-0.1, -0.05) is 17.3 Å². The second-order valence-electron chi connectivity index (χ2n) is 5.51. The predicted octanol–water partition coefficient (Wildman–Crippen LogP) is -0.0225. The molecule has 7 heteroatoms. The monoisotopic (exact) mass is 286 g/mol. The first kappa shape index (κ1) is 12.3. The number of carbonyl (C=O) groups is 1. The lowest BCUT2D eigenvalue weighted by Crippen LogP contribution is -2.32. The van der Waals surface area contributed by atoms with E-state index in [1.807, 2.05) is 0 Å². The van der Waals surface area contributed by atoms with Gasteiger partial charge in [0.25, 0.3) is 5.91 Å². The van der Waals surface area contributed by atoms with E-state index in [0.29, 0.717) is 34.8 Å². The molecule has 1 unspecified atom stereocenters. The van der Waals surface area contributed by atoms with Crippen molar-refractivity contribution in [2.75, 3.05) is 13.1 Å². The van der Waals surface area contributed by atoms with Gasteiger partial charge in [-0.25, -0.2) is 4.79 Å². The van der Waals surface area contributed by atoms with Crippen LogP contribution in [-0.4, -0.2) is 35.2 Å². The Morgan fingerprint density at radius 2 is 1.95 bits per heavy atom. The molecule has 7 nitrogen and oxygen atoms in total. The molecule has 0 spiro atoms. The number of H-pyrrole nitrogens is 1. The number of fused-ring (bicyclic) bond motifs is 1. The fourth-order valence-electron chi connectivity index (χ4n) is 3.00. The van der Waals surface area contributed by atoms with Gasteiger partial charge in [0.05, 0.1) is 0 Å². The number of carbonyl (C=O) groups excluding carboxylic acids is 1. The highest BCUT2D eigenvalue weighted by Gasteiger charge is 2.53. The van der Waals surface area contributed by atoms with E-state index in [0.717, 1.165) is 13.1 Å². The number of amides is 1. The maximum absolute atomic E-state index is 12.2. The van der Waals surface area contributed by atoms with Crippen LogP contribution in [0, 0.1) is 11.8 Å². The molecule has 1 aliphatic carbocycles. The quantitative estimate of drug-likeness (QED) is 0.736. The van der Waals surface area contributed by atoms with Crippen LogP contribution < -0.4 is 16.4 Å². The van der Waals surface area contributed by atoms with Crippen molar-refractivity contribution in [3.8, 4) is 11.4 Å². The predicted molar refractivity (Wildman–Crippen MR) is 73.7 cm³/mol. The molecule has 1 aliphatic heterocycles. The molecule has 1 aromatic carbocycles. The summed E-state index contributed by atoms with van der Waals surface area (Å²) in [5, 5.41) is 9.97. The number of piperidine rings is 1. The molecule has 2 fully saturated rings. The zero-order valence-corrected chi connectivity index (χ0v) is 11.1. The number of benzene rings is 1. The number of rotatable bonds is 3. The highest BCUT2D eigenvalue weighted by molar-refractivity contribution is 5.95. The summed E-state index contributed by atoms with van der Waals surface area (Å²) in [7, 11) is 0. The molecule has 108 valence electrons. The zero-order chi connectivity index (χ0) is 14.4. The summed E-state index contributed by atoms with van der Waals surface area (Å²) >= 11 is 0. The molecule has 2 aromatic rings. The normalized spacial score (nSPS) is 26.4. The molecule has 1 amide bonds. The van der Waals surface area contributed by atoms with Crippen LogP contribution in [0.1, 0.15) is 10.4 Å². The van der Waals surface area contributed by atoms with Crippen molar-refractivity contribution in [2.45, 2.75) is 6.04 Å². The molecule has 1 saturated heterocycles. The summed E-state index contributed by atoms with van der Waals surface area (Å²) in [6, 6.07) is 7.21. The number of hydrogen-bond acceptors (Lipinski definition) is 5. The number of hydrogen-bond donors (Lipinski definition) is 3. The Bertz CT molecular complexity index is 723. The molecule has 21 heavy (non-hydrogen) atoms. The summed E-state index contributed by atoms with van der Waals surface area (Å²) in [4.78, 5) is 25.5. The lowest BCUT2D eigenvalue weighted by molar-refractivity contribution is 0.0946. The van der Waals surface area contributed by atoms with E-state index < -0.39 is 5.76 Å². The second-order valence-corrected chi connectivity index (χ2v) is 5.51. The van der Waals surface area contributed by atoms with Crippen LogP contribution in [0.3, 0.4) is 0 Å². The van der Waals surface area contributed by atoms with Crippen LogP contribution in [0.25, 0.3) is 11.4 Å².